The normalized spacial score (nSPS) is 16.2. The maximum Gasteiger partial charge on any atom is 0.505 e. The van der Waals surface area contributed by atoms with E-state index in [-0.39, 0.29) is 0 Å². The molecule has 1 aliphatic heterocycles. The fraction of sp³-hybridized carbons (Fsp3) is 0.286. The molecular weight excluding hydrogens is 300 g/mol. The van der Waals surface area contributed by atoms with E-state index in [0.717, 1.165) is 34.5 Å². The summed E-state index contributed by atoms with van der Waals surface area (Å²) in [5, 5.41) is 1.89. The molecule has 1 fully saturated rings. The van der Waals surface area contributed by atoms with Gasteiger partial charge in [0.2, 0.25) is 0 Å². The Bertz CT molecular complexity index is 603. The molecule has 110 valence electrons. The van der Waals surface area contributed by atoms with Crippen LogP contribution < -0.4 is 4.78 Å². The fourth-order valence-electron chi connectivity index (χ4n) is 2.22. The molecule has 0 amide bonds. The number of hydrogen-bond donors (Lipinski definition) is 0. The van der Waals surface area contributed by atoms with Crippen LogP contribution in [0.5, 0.6) is 0 Å². The number of benzene rings is 1. The molecule has 0 N–H and O–H groups in total. The van der Waals surface area contributed by atoms with Gasteiger partial charge in [0, 0.05) is 18.0 Å². The van der Waals surface area contributed by atoms with Crippen LogP contribution in [0, 0.1) is 0 Å². The summed E-state index contributed by atoms with van der Waals surface area (Å²) >= 11 is 1.49. The van der Waals surface area contributed by atoms with E-state index in [9.17, 15) is 13.2 Å². The molecule has 2 heterocycles. The van der Waals surface area contributed by atoms with Crippen molar-refractivity contribution < 1.29 is 22.5 Å². The van der Waals surface area contributed by atoms with E-state index in [1.807, 2.05) is 11.4 Å². The fourth-order valence-corrected chi connectivity index (χ4v) is 3.13. The summed E-state index contributed by atoms with van der Waals surface area (Å²) in [4.78, 5) is 0. The van der Waals surface area contributed by atoms with Crippen molar-refractivity contribution in [3.05, 3.63) is 41.3 Å². The van der Waals surface area contributed by atoms with E-state index >= 15 is 0 Å². The lowest BCUT2D eigenvalue weighted by molar-refractivity contribution is -0.137. The Kier molecular flexibility index (Phi) is 4.06. The van der Waals surface area contributed by atoms with Gasteiger partial charge in [-0.2, -0.15) is 24.5 Å². The van der Waals surface area contributed by atoms with Gasteiger partial charge in [-0.3, -0.25) is 0 Å². The third kappa shape index (κ3) is 3.15. The molecule has 1 saturated heterocycles. The first-order valence-corrected chi connectivity index (χ1v) is 7.42. The molecular formula is C14H12BF3O2S. The lowest BCUT2D eigenvalue weighted by Crippen LogP contribution is -2.40. The molecule has 21 heavy (non-hydrogen) atoms. The van der Waals surface area contributed by atoms with Gasteiger partial charge in [0.1, 0.15) is 0 Å². The molecule has 0 bridgehead atoms. The largest absolute Gasteiger partial charge is 0.505 e. The molecule has 0 unspecified atom stereocenters. The van der Waals surface area contributed by atoms with Gasteiger partial charge in [-0.1, -0.05) is 12.1 Å². The molecule has 2 aromatic rings. The van der Waals surface area contributed by atoms with Crippen molar-refractivity contribution in [2.45, 2.75) is 12.6 Å². The first-order valence-electron chi connectivity index (χ1n) is 6.54. The molecule has 1 aliphatic rings. The van der Waals surface area contributed by atoms with Gasteiger partial charge in [0.15, 0.2) is 0 Å². The van der Waals surface area contributed by atoms with Crippen LogP contribution in [0.3, 0.4) is 0 Å². The first kappa shape index (κ1) is 14.6. The van der Waals surface area contributed by atoms with Gasteiger partial charge in [-0.05, 0) is 41.1 Å². The Morgan fingerprint density at radius 3 is 2.29 bits per heavy atom. The van der Waals surface area contributed by atoms with E-state index in [1.165, 1.54) is 23.5 Å². The van der Waals surface area contributed by atoms with Crippen molar-refractivity contribution >= 4 is 23.2 Å². The molecule has 0 spiro atoms. The van der Waals surface area contributed by atoms with Crippen LogP contribution in [0.25, 0.3) is 11.1 Å². The highest BCUT2D eigenvalue weighted by Crippen LogP contribution is 2.31. The van der Waals surface area contributed by atoms with Crippen LogP contribution in [0.1, 0.15) is 12.0 Å². The second-order valence-corrected chi connectivity index (χ2v) is 5.65. The second-order valence-electron chi connectivity index (χ2n) is 4.70. The maximum atomic E-state index is 12.6. The number of rotatable bonds is 2. The minimum Gasteiger partial charge on any atom is -0.407 e. The summed E-state index contributed by atoms with van der Waals surface area (Å²) in [5.74, 6) is 0. The minimum absolute atomic E-state index is 0.420. The zero-order valence-electron chi connectivity index (χ0n) is 11.0. The lowest BCUT2D eigenvalue weighted by atomic mass is 9.81. The average molecular weight is 312 g/mol. The van der Waals surface area contributed by atoms with Gasteiger partial charge < -0.3 is 9.31 Å². The van der Waals surface area contributed by atoms with E-state index in [4.69, 9.17) is 9.31 Å². The number of alkyl halides is 3. The summed E-state index contributed by atoms with van der Waals surface area (Å²) in [6, 6.07) is 7.04. The van der Waals surface area contributed by atoms with Crippen molar-refractivity contribution in [2.24, 2.45) is 0 Å². The summed E-state index contributed by atoms with van der Waals surface area (Å²) < 4.78 is 49.8. The van der Waals surface area contributed by atoms with Gasteiger partial charge >= 0.3 is 13.3 Å². The highest BCUT2D eigenvalue weighted by Gasteiger charge is 2.31. The summed E-state index contributed by atoms with van der Waals surface area (Å²) in [6.07, 6.45) is -3.46. The lowest BCUT2D eigenvalue weighted by Gasteiger charge is -2.20. The minimum atomic E-state index is -4.31. The standard InChI is InChI=1S/C14H12BF3O2S/c16-14(17,18)11-4-2-10(3-5-11)12-6-9-21-13(12)15-19-7-1-8-20-15/h2-6,9H,1,7-8H2. The van der Waals surface area contributed by atoms with Crippen molar-refractivity contribution in [3.63, 3.8) is 0 Å². The quantitative estimate of drug-likeness (QED) is 0.789. The van der Waals surface area contributed by atoms with E-state index in [1.54, 1.807) is 0 Å². The van der Waals surface area contributed by atoms with Crippen molar-refractivity contribution in [3.8, 4) is 11.1 Å². The predicted molar refractivity (Wildman–Crippen MR) is 76.7 cm³/mol. The van der Waals surface area contributed by atoms with Gasteiger partial charge in [-0.15, -0.1) is 0 Å². The molecule has 3 rings (SSSR count). The SMILES string of the molecule is FC(F)(F)c1ccc(-c2ccsc2B2OCCCO2)cc1. The molecule has 2 nitrogen and oxygen atoms in total. The molecule has 1 aromatic heterocycles. The Hall–Kier alpha value is -1.31. The highest BCUT2D eigenvalue weighted by atomic mass is 32.1. The summed E-state index contributed by atoms with van der Waals surface area (Å²) in [7, 11) is -0.420. The highest BCUT2D eigenvalue weighted by molar-refractivity contribution is 7.21. The number of thiophene rings is 1. The molecule has 0 radical (unpaired) electrons. The number of hydrogen-bond acceptors (Lipinski definition) is 3. The Balaban J connectivity index is 1.89. The molecule has 1 aromatic carbocycles. The molecule has 0 aliphatic carbocycles. The zero-order chi connectivity index (χ0) is 14.9. The monoisotopic (exact) mass is 312 g/mol. The van der Waals surface area contributed by atoms with Crippen molar-refractivity contribution in [1.29, 1.82) is 0 Å². The van der Waals surface area contributed by atoms with Gasteiger partial charge in [0.05, 0.1) is 5.56 Å². The van der Waals surface area contributed by atoms with E-state index in [0.29, 0.717) is 13.2 Å². The third-order valence-electron chi connectivity index (χ3n) is 3.26. The van der Waals surface area contributed by atoms with Crippen LogP contribution in [-0.4, -0.2) is 20.3 Å². The topological polar surface area (TPSA) is 18.5 Å². The van der Waals surface area contributed by atoms with Crippen LogP contribution in [-0.2, 0) is 15.5 Å². The maximum absolute atomic E-state index is 12.6. The van der Waals surface area contributed by atoms with Crippen molar-refractivity contribution in [1.82, 2.24) is 0 Å². The molecule has 0 atom stereocenters. The van der Waals surface area contributed by atoms with Gasteiger partial charge in [0.25, 0.3) is 0 Å². The van der Waals surface area contributed by atoms with E-state index in [2.05, 4.69) is 0 Å². The number of halogens is 3. The predicted octanol–water partition coefficient (Wildman–Crippen LogP) is 3.57. The third-order valence-corrected chi connectivity index (χ3v) is 4.20. The van der Waals surface area contributed by atoms with Crippen LogP contribution >= 0.6 is 11.3 Å². The first-order chi connectivity index (χ1) is 10.1. The van der Waals surface area contributed by atoms with Crippen LogP contribution in [0.15, 0.2) is 35.7 Å². The zero-order valence-corrected chi connectivity index (χ0v) is 11.8. The van der Waals surface area contributed by atoms with Crippen LogP contribution in [0.2, 0.25) is 0 Å². The Labute approximate surface area is 124 Å². The average Bonchev–Trinajstić information content (AvgIpc) is 2.97. The van der Waals surface area contributed by atoms with E-state index < -0.39 is 18.9 Å². The summed E-state index contributed by atoms with van der Waals surface area (Å²) in [6.45, 7) is 1.27. The molecule has 7 heteroatoms. The smallest absolute Gasteiger partial charge is 0.407 e. The molecule has 0 saturated carbocycles. The summed E-state index contributed by atoms with van der Waals surface area (Å²) in [5.41, 5.74) is 0.950. The Morgan fingerprint density at radius 1 is 1.00 bits per heavy atom. The van der Waals surface area contributed by atoms with Crippen LogP contribution in [0.4, 0.5) is 13.2 Å². The Morgan fingerprint density at radius 2 is 1.67 bits per heavy atom. The van der Waals surface area contributed by atoms with Gasteiger partial charge in [-0.25, -0.2) is 0 Å². The van der Waals surface area contributed by atoms with Crippen molar-refractivity contribution in [2.75, 3.05) is 13.2 Å². The second kappa shape index (κ2) is 5.83.